The third-order valence-corrected chi connectivity index (χ3v) is 7.02. The summed E-state index contributed by atoms with van der Waals surface area (Å²) in [6, 6.07) is 8.02. The minimum atomic E-state index is -3.81. The van der Waals surface area contributed by atoms with Crippen LogP contribution in [0, 0.1) is 5.92 Å². The molecule has 1 aliphatic heterocycles. The van der Waals surface area contributed by atoms with E-state index in [0.29, 0.717) is 36.6 Å². The number of benzene rings is 1. The van der Waals surface area contributed by atoms with Crippen molar-refractivity contribution in [3.63, 3.8) is 0 Å². The molecule has 0 saturated carbocycles. The van der Waals surface area contributed by atoms with E-state index < -0.39 is 15.9 Å². The van der Waals surface area contributed by atoms with Gasteiger partial charge in [0.1, 0.15) is 23.5 Å². The maximum Gasteiger partial charge on any atom is 0.243 e. The molecule has 0 unspecified atom stereocenters. The first-order valence-corrected chi connectivity index (χ1v) is 11.1. The maximum atomic E-state index is 13.2. The van der Waals surface area contributed by atoms with Gasteiger partial charge in [-0.15, -0.1) is 5.10 Å². The Labute approximate surface area is 179 Å². The predicted molar refractivity (Wildman–Crippen MR) is 108 cm³/mol. The van der Waals surface area contributed by atoms with Gasteiger partial charge in [-0.2, -0.15) is 8.99 Å². The summed E-state index contributed by atoms with van der Waals surface area (Å²) in [7, 11) is -2.37. The van der Waals surface area contributed by atoms with E-state index in [4.69, 9.17) is 9.15 Å². The van der Waals surface area contributed by atoms with Crippen molar-refractivity contribution in [2.45, 2.75) is 24.3 Å². The van der Waals surface area contributed by atoms with Gasteiger partial charge in [0.2, 0.25) is 15.9 Å². The van der Waals surface area contributed by atoms with E-state index in [1.165, 1.54) is 40.8 Å². The van der Waals surface area contributed by atoms with Crippen LogP contribution in [0.25, 0.3) is 5.69 Å². The monoisotopic (exact) mass is 446 g/mol. The van der Waals surface area contributed by atoms with Gasteiger partial charge in [-0.05, 0) is 47.5 Å². The largest absolute Gasteiger partial charge is 0.494 e. The first-order valence-electron chi connectivity index (χ1n) is 9.70. The van der Waals surface area contributed by atoms with Gasteiger partial charge < -0.3 is 14.5 Å². The lowest BCUT2D eigenvalue weighted by Crippen LogP contribution is -2.45. The number of carbonyl (C=O) groups is 1. The molecule has 1 atom stereocenters. The quantitative estimate of drug-likeness (QED) is 0.568. The molecule has 3 aromatic rings. The first kappa shape index (κ1) is 21.0. The summed E-state index contributed by atoms with van der Waals surface area (Å²) >= 11 is 0. The van der Waals surface area contributed by atoms with Gasteiger partial charge in [-0.25, -0.2) is 8.42 Å². The summed E-state index contributed by atoms with van der Waals surface area (Å²) in [5.74, 6) is 0.338. The van der Waals surface area contributed by atoms with E-state index >= 15 is 0 Å². The molecule has 31 heavy (non-hydrogen) atoms. The summed E-state index contributed by atoms with van der Waals surface area (Å²) in [5, 5.41) is 13.8. The third kappa shape index (κ3) is 4.44. The number of nitrogens with zero attached hydrogens (tertiary/aromatic N) is 5. The average Bonchev–Trinajstić information content (AvgIpc) is 3.51. The van der Waals surface area contributed by atoms with Crippen molar-refractivity contribution in [3.05, 3.63) is 48.7 Å². The predicted octanol–water partition coefficient (Wildman–Crippen LogP) is 0.981. The second kappa shape index (κ2) is 8.86. The van der Waals surface area contributed by atoms with Crippen LogP contribution in [0.15, 0.2) is 52.2 Å². The van der Waals surface area contributed by atoms with Gasteiger partial charge in [-0.3, -0.25) is 4.79 Å². The average molecular weight is 446 g/mol. The molecule has 0 radical (unpaired) electrons. The minimum absolute atomic E-state index is 0.0813. The molecule has 1 amide bonds. The van der Waals surface area contributed by atoms with Crippen molar-refractivity contribution in [1.29, 1.82) is 0 Å². The van der Waals surface area contributed by atoms with Crippen LogP contribution in [0.3, 0.4) is 0 Å². The molecule has 1 fully saturated rings. The van der Waals surface area contributed by atoms with E-state index in [0.717, 1.165) is 0 Å². The molecule has 0 bridgehead atoms. The van der Waals surface area contributed by atoms with Crippen LogP contribution in [0.5, 0.6) is 5.75 Å². The number of nitrogens with one attached hydrogen (secondary N) is 1. The zero-order valence-electron chi connectivity index (χ0n) is 16.8. The standard InChI is InChI=1S/C19H22N6O5S/c1-29-18-10-16(6-7-17(18)25-13-21-22-23-25)31(27,28)24-8-2-4-14(12-24)19(26)20-11-15-5-3-9-30-15/h3,5-7,9-10,13-14H,2,4,8,11-12H2,1H3,(H,20,26)/t14-/m1/s1. The van der Waals surface area contributed by atoms with Crippen LogP contribution in [0.4, 0.5) is 0 Å². The zero-order chi connectivity index (χ0) is 21.8. The van der Waals surface area contributed by atoms with Gasteiger partial charge in [0, 0.05) is 19.2 Å². The Morgan fingerprint density at radius 1 is 1.35 bits per heavy atom. The summed E-state index contributed by atoms with van der Waals surface area (Å²) < 4.78 is 39.8. The van der Waals surface area contributed by atoms with Gasteiger partial charge in [-0.1, -0.05) is 0 Å². The SMILES string of the molecule is COc1cc(S(=O)(=O)N2CCC[C@@H](C(=O)NCc3ccco3)C2)ccc1-n1cnnn1. The molecule has 4 rings (SSSR count). The second-order valence-corrected chi connectivity index (χ2v) is 9.03. The molecule has 0 aliphatic carbocycles. The number of amides is 1. The summed E-state index contributed by atoms with van der Waals surface area (Å²) in [6.45, 7) is 0.732. The molecule has 2 aromatic heterocycles. The molecule has 164 valence electrons. The molecule has 0 spiro atoms. The van der Waals surface area contributed by atoms with Gasteiger partial charge in [0.25, 0.3) is 0 Å². The van der Waals surface area contributed by atoms with Crippen LogP contribution < -0.4 is 10.1 Å². The zero-order valence-corrected chi connectivity index (χ0v) is 17.7. The molecular weight excluding hydrogens is 424 g/mol. The number of hydrogen-bond donors (Lipinski definition) is 1. The topological polar surface area (TPSA) is 132 Å². The Balaban J connectivity index is 1.49. The fraction of sp³-hybridized carbons (Fsp3) is 0.368. The highest BCUT2D eigenvalue weighted by atomic mass is 32.2. The Bertz CT molecular complexity index is 1130. The number of hydrogen-bond acceptors (Lipinski definition) is 8. The highest BCUT2D eigenvalue weighted by Crippen LogP contribution is 2.29. The summed E-state index contributed by atoms with van der Waals surface area (Å²) in [4.78, 5) is 12.6. The Morgan fingerprint density at radius 3 is 2.94 bits per heavy atom. The Kier molecular flexibility index (Phi) is 6.00. The van der Waals surface area contributed by atoms with Gasteiger partial charge in [0.05, 0.1) is 30.7 Å². The van der Waals surface area contributed by atoms with E-state index in [1.807, 2.05) is 0 Å². The Morgan fingerprint density at radius 2 is 2.23 bits per heavy atom. The highest BCUT2D eigenvalue weighted by Gasteiger charge is 2.33. The lowest BCUT2D eigenvalue weighted by molar-refractivity contribution is -0.126. The van der Waals surface area contributed by atoms with E-state index in [1.54, 1.807) is 18.2 Å². The molecule has 1 aromatic carbocycles. The van der Waals surface area contributed by atoms with Crippen molar-refractivity contribution < 1.29 is 22.4 Å². The number of ether oxygens (including phenoxy) is 1. The number of tetrazole rings is 1. The first-order chi connectivity index (χ1) is 15.0. The van der Waals surface area contributed by atoms with Crippen LogP contribution in [0.1, 0.15) is 18.6 Å². The number of sulfonamides is 1. The maximum absolute atomic E-state index is 13.2. The van der Waals surface area contributed by atoms with Gasteiger partial charge in [0.15, 0.2) is 0 Å². The number of furan rings is 1. The molecular formula is C19H22N6O5S. The highest BCUT2D eigenvalue weighted by molar-refractivity contribution is 7.89. The lowest BCUT2D eigenvalue weighted by Gasteiger charge is -2.31. The van der Waals surface area contributed by atoms with E-state index in [-0.39, 0.29) is 23.9 Å². The smallest absolute Gasteiger partial charge is 0.243 e. The molecule has 1 N–H and O–H groups in total. The molecule has 1 saturated heterocycles. The van der Waals surface area contributed by atoms with E-state index in [9.17, 15) is 13.2 Å². The number of rotatable bonds is 7. The van der Waals surface area contributed by atoms with Crippen molar-refractivity contribution in [3.8, 4) is 11.4 Å². The number of piperidine rings is 1. The molecule has 11 nitrogen and oxygen atoms in total. The molecule has 12 heteroatoms. The van der Waals surface area contributed by atoms with Crippen LogP contribution in [-0.2, 0) is 21.4 Å². The van der Waals surface area contributed by atoms with Crippen LogP contribution in [-0.4, -0.2) is 59.0 Å². The normalized spacial score (nSPS) is 17.4. The summed E-state index contributed by atoms with van der Waals surface area (Å²) in [6.07, 6.45) is 4.15. The lowest BCUT2D eigenvalue weighted by atomic mass is 9.99. The Hall–Kier alpha value is -3.25. The fourth-order valence-electron chi connectivity index (χ4n) is 3.53. The van der Waals surface area contributed by atoms with E-state index in [2.05, 4.69) is 20.8 Å². The van der Waals surface area contributed by atoms with Crippen LogP contribution >= 0.6 is 0 Å². The minimum Gasteiger partial charge on any atom is -0.494 e. The third-order valence-electron chi connectivity index (χ3n) is 5.16. The molecule has 3 heterocycles. The summed E-state index contributed by atoms with van der Waals surface area (Å²) in [5.41, 5.74) is 0.514. The van der Waals surface area contributed by atoms with Crippen molar-refractivity contribution in [1.82, 2.24) is 29.8 Å². The number of methoxy groups -OCH3 is 1. The van der Waals surface area contributed by atoms with Crippen molar-refractivity contribution in [2.75, 3.05) is 20.2 Å². The molecule has 1 aliphatic rings. The number of carbonyl (C=O) groups excluding carboxylic acids is 1. The number of aromatic nitrogens is 4. The van der Waals surface area contributed by atoms with Crippen LogP contribution in [0.2, 0.25) is 0 Å². The fourth-order valence-corrected chi connectivity index (χ4v) is 5.07. The van der Waals surface area contributed by atoms with Crippen molar-refractivity contribution >= 4 is 15.9 Å². The van der Waals surface area contributed by atoms with Crippen molar-refractivity contribution in [2.24, 2.45) is 5.92 Å². The second-order valence-electron chi connectivity index (χ2n) is 7.09. The van der Waals surface area contributed by atoms with Gasteiger partial charge >= 0.3 is 0 Å².